The van der Waals surface area contributed by atoms with Crippen LogP contribution >= 0.6 is 23.2 Å². The molecule has 0 N–H and O–H groups in total. The number of carbonyl (C=O) groups is 1. The summed E-state index contributed by atoms with van der Waals surface area (Å²) in [5.41, 5.74) is 5.91. The lowest BCUT2D eigenvalue weighted by atomic mass is 10.0. The van der Waals surface area contributed by atoms with Gasteiger partial charge in [0.15, 0.2) is 5.75 Å². The molecule has 0 spiro atoms. The highest BCUT2D eigenvalue weighted by Crippen LogP contribution is 2.35. The Hall–Kier alpha value is -5.02. The van der Waals surface area contributed by atoms with Crippen LogP contribution in [0.2, 0.25) is 10.0 Å². The lowest BCUT2D eigenvalue weighted by Crippen LogP contribution is -2.47. The van der Waals surface area contributed by atoms with Crippen LogP contribution in [0.4, 0.5) is 0 Å². The predicted molar refractivity (Wildman–Crippen MR) is 210 cm³/mol. The Balaban J connectivity index is 0.952. The highest BCUT2D eigenvalue weighted by Gasteiger charge is 2.21. The van der Waals surface area contributed by atoms with Crippen molar-refractivity contribution < 1.29 is 23.7 Å². The number of hydrogen-bond acceptors (Lipinski definition) is 7. The van der Waals surface area contributed by atoms with Crippen LogP contribution in [0.3, 0.4) is 0 Å². The Morgan fingerprint density at radius 2 is 1.51 bits per heavy atom. The highest BCUT2D eigenvalue weighted by molar-refractivity contribution is 6.32. The largest absolute Gasteiger partial charge is 0.497 e. The van der Waals surface area contributed by atoms with E-state index < -0.39 is 0 Å². The summed E-state index contributed by atoms with van der Waals surface area (Å²) in [6.07, 6.45) is 4.13. The smallest absolute Gasteiger partial charge is 0.246 e. The topological polar surface area (TPSA) is 73.4 Å². The molecule has 1 saturated heterocycles. The van der Waals surface area contributed by atoms with Crippen LogP contribution < -0.4 is 18.9 Å². The van der Waals surface area contributed by atoms with E-state index in [9.17, 15) is 4.79 Å². The quantitative estimate of drug-likeness (QED) is 0.105. The van der Waals surface area contributed by atoms with Crippen molar-refractivity contribution in [3.05, 3.63) is 147 Å². The van der Waals surface area contributed by atoms with Crippen LogP contribution in [-0.4, -0.2) is 60.6 Å². The summed E-state index contributed by atoms with van der Waals surface area (Å²) in [5.74, 6) is 3.14. The second-order valence-electron chi connectivity index (χ2n) is 12.9. The predicted octanol–water partition coefficient (Wildman–Crippen LogP) is 9.45. The van der Waals surface area contributed by atoms with Gasteiger partial charge in [0.25, 0.3) is 0 Å². The fourth-order valence-electron chi connectivity index (χ4n) is 6.00. The third kappa shape index (κ3) is 10.5. The van der Waals surface area contributed by atoms with Crippen LogP contribution in [0.5, 0.6) is 28.9 Å². The number of methoxy groups -OCH3 is 1. The van der Waals surface area contributed by atoms with E-state index in [1.807, 2.05) is 79.4 Å². The molecule has 1 fully saturated rings. The van der Waals surface area contributed by atoms with Crippen molar-refractivity contribution >= 4 is 34.7 Å². The van der Waals surface area contributed by atoms with E-state index in [-0.39, 0.29) is 5.91 Å². The maximum absolute atomic E-state index is 13.3. The molecule has 1 aliphatic rings. The number of hydrogen-bond donors (Lipinski definition) is 0. The number of piperazine rings is 1. The Labute approximate surface area is 321 Å². The van der Waals surface area contributed by atoms with Gasteiger partial charge in [-0.1, -0.05) is 65.7 Å². The van der Waals surface area contributed by atoms with Gasteiger partial charge in [0.05, 0.1) is 24.9 Å². The third-order valence-electron chi connectivity index (χ3n) is 9.12. The molecule has 1 amide bonds. The van der Waals surface area contributed by atoms with Crippen molar-refractivity contribution in [2.24, 2.45) is 0 Å². The molecule has 10 heteroatoms. The van der Waals surface area contributed by atoms with Crippen molar-refractivity contribution in [2.45, 2.75) is 33.4 Å². The van der Waals surface area contributed by atoms with E-state index >= 15 is 0 Å². The fourth-order valence-corrected chi connectivity index (χ4v) is 6.49. The molecule has 0 unspecified atom stereocenters. The number of allylic oxidation sites excluding steroid dienone is 1. The zero-order valence-corrected chi connectivity index (χ0v) is 31.7. The summed E-state index contributed by atoms with van der Waals surface area (Å²) in [5, 5.41) is 1.09. The van der Waals surface area contributed by atoms with Crippen LogP contribution in [-0.2, 0) is 24.4 Å². The minimum absolute atomic E-state index is 0.00138. The summed E-state index contributed by atoms with van der Waals surface area (Å²) in [6.45, 7) is 8.62. The Morgan fingerprint density at radius 3 is 2.19 bits per heavy atom. The second kappa shape index (κ2) is 18.1. The molecule has 2 heterocycles. The van der Waals surface area contributed by atoms with Gasteiger partial charge >= 0.3 is 0 Å². The molecule has 0 atom stereocenters. The monoisotopic (exact) mass is 751 g/mol. The van der Waals surface area contributed by atoms with Crippen LogP contribution in [0, 0.1) is 6.92 Å². The van der Waals surface area contributed by atoms with Crippen molar-refractivity contribution in [1.82, 2.24) is 14.8 Å². The number of nitrogens with zero attached hydrogens (tertiary/aromatic N) is 3. The number of aromatic nitrogens is 1. The molecule has 0 aliphatic carbocycles. The molecule has 4 aromatic carbocycles. The van der Waals surface area contributed by atoms with E-state index in [2.05, 4.69) is 34.1 Å². The summed E-state index contributed by atoms with van der Waals surface area (Å²) in [7, 11) is 1.65. The molecular formula is C43H43Cl2N3O5. The van der Waals surface area contributed by atoms with Crippen molar-refractivity contribution in [2.75, 3.05) is 39.9 Å². The summed E-state index contributed by atoms with van der Waals surface area (Å²) in [4.78, 5) is 22.0. The number of rotatable bonds is 14. The van der Waals surface area contributed by atoms with Gasteiger partial charge in [-0.2, -0.15) is 0 Å². The van der Waals surface area contributed by atoms with E-state index in [0.29, 0.717) is 53.7 Å². The maximum atomic E-state index is 13.3. The number of ether oxygens (including phenoxy) is 4. The summed E-state index contributed by atoms with van der Waals surface area (Å²) < 4.78 is 23.0. The first-order valence-electron chi connectivity index (χ1n) is 17.6. The first kappa shape index (κ1) is 37.7. The normalized spacial score (nSPS) is 13.5. The molecule has 0 bridgehead atoms. The Kier molecular flexibility index (Phi) is 12.9. The average Bonchev–Trinajstić information content (AvgIpc) is 3.17. The summed E-state index contributed by atoms with van der Waals surface area (Å²) in [6, 6.07) is 31.2. The molecule has 8 nitrogen and oxygen atoms in total. The van der Waals surface area contributed by atoms with E-state index in [1.54, 1.807) is 31.5 Å². The Morgan fingerprint density at radius 1 is 0.811 bits per heavy atom. The van der Waals surface area contributed by atoms with Gasteiger partial charge in [-0.15, -0.1) is 0 Å². The SMILES string of the molecule is COc1ccc(OCCc2ccc(CN3CCN(C(=O)/C=C(\C)c4cc(C)c(Oc5ccc(OCc6ccccc6Cl)cn5)c(Cl)c4)CC3)cc2)cc1. The van der Waals surface area contributed by atoms with Gasteiger partial charge in [0.2, 0.25) is 11.8 Å². The molecule has 1 aromatic heterocycles. The molecule has 5 aromatic rings. The number of carbonyl (C=O) groups excluding carboxylic acids is 1. The molecule has 6 rings (SSSR count). The second-order valence-corrected chi connectivity index (χ2v) is 13.8. The molecular weight excluding hydrogens is 709 g/mol. The minimum Gasteiger partial charge on any atom is -0.497 e. The average molecular weight is 753 g/mol. The van der Waals surface area contributed by atoms with Crippen LogP contribution in [0.1, 0.15) is 34.7 Å². The number of amides is 1. The highest BCUT2D eigenvalue weighted by atomic mass is 35.5. The molecule has 0 saturated carbocycles. The van der Waals surface area contributed by atoms with E-state index in [4.69, 9.17) is 42.1 Å². The maximum Gasteiger partial charge on any atom is 0.246 e. The van der Waals surface area contributed by atoms with Gasteiger partial charge in [0.1, 0.15) is 23.9 Å². The van der Waals surface area contributed by atoms with E-state index in [0.717, 1.165) is 59.8 Å². The minimum atomic E-state index is -0.00138. The third-order valence-corrected chi connectivity index (χ3v) is 9.77. The van der Waals surface area contributed by atoms with Crippen LogP contribution in [0.15, 0.2) is 109 Å². The van der Waals surface area contributed by atoms with Crippen molar-refractivity contribution in [3.8, 4) is 28.9 Å². The van der Waals surface area contributed by atoms with Crippen molar-refractivity contribution in [1.29, 1.82) is 0 Å². The van der Waals surface area contributed by atoms with Crippen LogP contribution in [0.25, 0.3) is 5.57 Å². The zero-order valence-electron chi connectivity index (χ0n) is 30.2. The summed E-state index contributed by atoms with van der Waals surface area (Å²) >= 11 is 12.9. The van der Waals surface area contributed by atoms with Gasteiger partial charge in [-0.3, -0.25) is 9.69 Å². The molecule has 1 aliphatic heterocycles. The first-order chi connectivity index (χ1) is 25.7. The lowest BCUT2D eigenvalue weighted by molar-refractivity contribution is -0.127. The standard InChI is InChI=1S/C43H43Cl2N3O5/c1-30(35-24-31(2)43(40(45)26-35)53-41-17-16-38(27-46-41)52-29-34-6-4-5-7-39(34)44)25-42(49)48-21-19-47(20-22-48)28-33-10-8-32(9-11-33)18-23-51-37-14-12-36(50-3)13-15-37/h4-17,24-27H,18-23,28-29H2,1-3H3/b30-25+. The Bertz CT molecular complexity index is 1990. The van der Waals surface area contributed by atoms with Gasteiger partial charge in [-0.25, -0.2) is 4.98 Å². The number of pyridine rings is 1. The zero-order chi connectivity index (χ0) is 37.2. The lowest BCUT2D eigenvalue weighted by Gasteiger charge is -2.34. The van der Waals surface area contributed by atoms with Gasteiger partial charge in [0, 0.05) is 61.9 Å². The van der Waals surface area contributed by atoms with Crippen molar-refractivity contribution in [3.63, 3.8) is 0 Å². The number of halogens is 2. The first-order valence-corrected chi connectivity index (χ1v) is 18.3. The van der Waals surface area contributed by atoms with E-state index in [1.165, 1.54) is 11.1 Å². The van der Waals surface area contributed by atoms with Gasteiger partial charge < -0.3 is 23.8 Å². The molecule has 53 heavy (non-hydrogen) atoms. The van der Waals surface area contributed by atoms with Gasteiger partial charge in [-0.05, 0) is 90.2 Å². The number of benzene rings is 4. The fraction of sp³-hybridized carbons (Fsp3) is 0.256. The number of aryl methyl sites for hydroxylation is 1. The molecule has 0 radical (unpaired) electrons. The molecule has 274 valence electrons.